The zero-order chi connectivity index (χ0) is 21.1. The van der Waals surface area contributed by atoms with Crippen LogP contribution in [-0.2, 0) is 4.74 Å². The molecule has 0 saturated heterocycles. The fourth-order valence-electron chi connectivity index (χ4n) is 2.90. The van der Waals surface area contributed by atoms with Crippen LogP contribution in [0.15, 0.2) is 72.8 Å². The molecule has 0 amide bonds. The smallest absolute Gasteiger partial charge is 0.337 e. The highest BCUT2D eigenvalue weighted by Gasteiger charge is 2.15. The van der Waals surface area contributed by atoms with Gasteiger partial charge in [-0.05, 0) is 30.3 Å². The molecule has 7 heteroatoms. The highest BCUT2D eigenvalue weighted by Crippen LogP contribution is 2.32. The van der Waals surface area contributed by atoms with E-state index in [0.717, 1.165) is 5.56 Å². The number of halogens is 1. The first-order valence-electron chi connectivity index (χ1n) is 9.04. The number of carbonyl (C=O) groups is 1. The predicted octanol–water partition coefficient (Wildman–Crippen LogP) is 5.02. The van der Waals surface area contributed by atoms with Crippen LogP contribution < -0.4 is 0 Å². The van der Waals surface area contributed by atoms with Gasteiger partial charge in [-0.1, -0.05) is 54.1 Å². The molecule has 0 aliphatic carbocycles. The molecule has 4 rings (SSSR count). The van der Waals surface area contributed by atoms with E-state index in [1.165, 1.54) is 13.2 Å². The second-order valence-electron chi connectivity index (χ2n) is 6.40. The zero-order valence-corrected chi connectivity index (χ0v) is 16.7. The number of hydrogen-bond donors (Lipinski definition) is 1. The fourth-order valence-corrected chi connectivity index (χ4v) is 3.07. The van der Waals surface area contributed by atoms with Crippen molar-refractivity contribution in [1.29, 1.82) is 0 Å². The van der Waals surface area contributed by atoms with Gasteiger partial charge in [0, 0.05) is 16.1 Å². The summed E-state index contributed by atoms with van der Waals surface area (Å²) < 4.78 is 4.74. The van der Waals surface area contributed by atoms with Gasteiger partial charge in [0.05, 0.1) is 18.2 Å². The molecule has 3 aromatic carbocycles. The molecule has 0 spiro atoms. The number of rotatable bonds is 4. The van der Waals surface area contributed by atoms with Gasteiger partial charge in [0.25, 0.3) is 0 Å². The van der Waals surface area contributed by atoms with Gasteiger partial charge in [-0.2, -0.15) is 0 Å². The van der Waals surface area contributed by atoms with E-state index < -0.39 is 5.97 Å². The van der Waals surface area contributed by atoms with Crippen LogP contribution in [0.3, 0.4) is 0 Å². The zero-order valence-electron chi connectivity index (χ0n) is 15.9. The molecule has 4 aromatic rings. The van der Waals surface area contributed by atoms with Gasteiger partial charge in [0.1, 0.15) is 5.75 Å². The second-order valence-corrected chi connectivity index (χ2v) is 6.84. The Morgan fingerprint density at radius 3 is 2.07 bits per heavy atom. The third-order valence-electron chi connectivity index (χ3n) is 4.43. The summed E-state index contributed by atoms with van der Waals surface area (Å²) in [6, 6.07) is 20.9. The topological polar surface area (TPSA) is 85.2 Å². The Kier molecular flexibility index (Phi) is 5.41. The molecule has 6 nitrogen and oxygen atoms in total. The molecule has 148 valence electrons. The molecule has 0 bridgehead atoms. The molecular formula is C23H16ClN3O3. The van der Waals surface area contributed by atoms with Crippen molar-refractivity contribution < 1.29 is 14.6 Å². The molecule has 0 fully saturated rings. The molecule has 0 unspecified atom stereocenters. The van der Waals surface area contributed by atoms with Gasteiger partial charge in [-0.25, -0.2) is 19.7 Å². The average molecular weight is 418 g/mol. The lowest BCUT2D eigenvalue weighted by Gasteiger charge is -2.10. The summed E-state index contributed by atoms with van der Waals surface area (Å²) in [5.74, 6) is 0.723. The first-order chi connectivity index (χ1) is 14.5. The number of phenols is 1. The molecule has 0 atom stereocenters. The summed E-state index contributed by atoms with van der Waals surface area (Å²) in [5.41, 5.74) is 2.31. The molecule has 0 saturated carbocycles. The minimum Gasteiger partial charge on any atom is -0.507 e. The molecule has 0 radical (unpaired) electrons. The third-order valence-corrected chi connectivity index (χ3v) is 4.67. The Morgan fingerprint density at radius 1 is 0.833 bits per heavy atom. The van der Waals surface area contributed by atoms with Crippen molar-refractivity contribution in [3.05, 3.63) is 83.4 Å². The van der Waals surface area contributed by atoms with Crippen LogP contribution in [0.2, 0.25) is 5.02 Å². The van der Waals surface area contributed by atoms with E-state index in [2.05, 4.69) is 15.0 Å². The van der Waals surface area contributed by atoms with Gasteiger partial charge < -0.3 is 9.84 Å². The van der Waals surface area contributed by atoms with Crippen molar-refractivity contribution in [1.82, 2.24) is 15.0 Å². The second kappa shape index (κ2) is 8.31. The molecule has 0 aliphatic rings. The van der Waals surface area contributed by atoms with Crippen molar-refractivity contribution in [2.24, 2.45) is 0 Å². The third kappa shape index (κ3) is 3.99. The van der Waals surface area contributed by atoms with Gasteiger partial charge >= 0.3 is 5.97 Å². The van der Waals surface area contributed by atoms with Crippen molar-refractivity contribution in [3.63, 3.8) is 0 Å². The largest absolute Gasteiger partial charge is 0.507 e. The van der Waals surface area contributed by atoms with E-state index >= 15 is 0 Å². The van der Waals surface area contributed by atoms with E-state index in [1.807, 2.05) is 30.3 Å². The summed E-state index contributed by atoms with van der Waals surface area (Å²) in [6.45, 7) is 0. The van der Waals surface area contributed by atoms with E-state index in [0.29, 0.717) is 33.4 Å². The van der Waals surface area contributed by atoms with E-state index in [1.54, 1.807) is 36.4 Å². The first kappa shape index (κ1) is 19.5. The number of phenolic OH excluding ortho intramolecular Hbond substituents is 1. The van der Waals surface area contributed by atoms with Crippen molar-refractivity contribution in [3.8, 4) is 39.9 Å². The predicted molar refractivity (Wildman–Crippen MR) is 114 cm³/mol. The summed E-state index contributed by atoms with van der Waals surface area (Å²) in [7, 11) is 1.33. The molecular weight excluding hydrogens is 402 g/mol. The Bertz CT molecular complexity index is 1210. The minimum absolute atomic E-state index is 0.0107. The molecule has 1 heterocycles. The standard InChI is InChI=1S/C23H16ClN3O3/c1-30-23(29)16-9-7-15(8-10-16)21-25-20(14-5-3-2-4-6-14)26-22(27-21)18-13-17(24)11-12-19(18)28/h2-13,28H,1H3. The van der Waals surface area contributed by atoms with Crippen molar-refractivity contribution >= 4 is 17.6 Å². The highest BCUT2D eigenvalue weighted by atomic mass is 35.5. The van der Waals surface area contributed by atoms with Gasteiger partial charge in [0.15, 0.2) is 17.5 Å². The fraction of sp³-hybridized carbons (Fsp3) is 0.0435. The number of hydrogen-bond acceptors (Lipinski definition) is 6. The lowest BCUT2D eigenvalue weighted by molar-refractivity contribution is 0.0600. The minimum atomic E-state index is -0.424. The number of nitrogens with zero attached hydrogens (tertiary/aromatic N) is 3. The molecule has 0 aliphatic heterocycles. The van der Waals surface area contributed by atoms with Crippen LogP contribution in [0.1, 0.15) is 10.4 Å². The maximum Gasteiger partial charge on any atom is 0.337 e. The van der Waals surface area contributed by atoms with Crippen LogP contribution >= 0.6 is 11.6 Å². The maximum atomic E-state index is 11.7. The van der Waals surface area contributed by atoms with Crippen LogP contribution in [-0.4, -0.2) is 33.1 Å². The average Bonchev–Trinajstić information content (AvgIpc) is 2.80. The number of aromatic hydroxyl groups is 1. The summed E-state index contributed by atoms with van der Waals surface area (Å²) in [6.07, 6.45) is 0. The Hall–Kier alpha value is -3.77. The highest BCUT2D eigenvalue weighted by molar-refractivity contribution is 6.30. The van der Waals surface area contributed by atoms with Gasteiger partial charge in [-0.15, -0.1) is 0 Å². The summed E-state index contributed by atoms with van der Waals surface area (Å²) in [5, 5.41) is 10.8. The maximum absolute atomic E-state index is 11.7. The summed E-state index contributed by atoms with van der Waals surface area (Å²) >= 11 is 6.12. The molecule has 30 heavy (non-hydrogen) atoms. The monoisotopic (exact) mass is 417 g/mol. The first-order valence-corrected chi connectivity index (χ1v) is 9.42. The Labute approximate surface area is 177 Å². The van der Waals surface area contributed by atoms with Crippen molar-refractivity contribution in [2.45, 2.75) is 0 Å². The number of aromatic nitrogens is 3. The number of esters is 1. The van der Waals surface area contributed by atoms with E-state index in [-0.39, 0.29) is 11.6 Å². The van der Waals surface area contributed by atoms with Crippen LogP contribution in [0.25, 0.3) is 34.2 Å². The van der Waals surface area contributed by atoms with Crippen LogP contribution in [0.5, 0.6) is 5.75 Å². The Morgan fingerprint density at radius 2 is 1.43 bits per heavy atom. The van der Waals surface area contributed by atoms with Crippen LogP contribution in [0, 0.1) is 0 Å². The van der Waals surface area contributed by atoms with Gasteiger partial charge in [0.2, 0.25) is 0 Å². The number of methoxy groups -OCH3 is 1. The van der Waals surface area contributed by atoms with E-state index in [4.69, 9.17) is 16.3 Å². The van der Waals surface area contributed by atoms with Crippen molar-refractivity contribution in [2.75, 3.05) is 7.11 Å². The normalized spacial score (nSPS) is 10.6. The quantitative estimate of drug-likeness (QED) is 0.469. The Balaban J connectivity index is 1.88. The number of benzene rings is 3. The number of ether oxygens (including phenoxy) is 1. The SMILES string of the molecule is COC(=O)c1ccc(-c2nc(-c3ccccc3)nc(-c3cc(Cl)ccc3O)n2)cc1. The van der Waals surface area contributed by atoms with Crippen LogP contribution in [0.4, 0.5) is 0 Å². The van der Waals surface area contributed by atoms with Gasteiger partial charge in [-0.3, -0.25) is 0 Å². The lowest BCUT2D eigenvalue weighted by Crippen LogP contribution is -2.02. The lowest BCUT2D eigenvalue weighted by atomic mass is 10.1. The molecule has 1 aromatic heterocycles. The number of carbonyl (C=O) groups excluding carboxylic acids is 1. The summed E-state index contributed by atoms with van der Waals surface area (Å²) in [4.78, 5) is 25.4. The molecule has 1 N–H and O–H groups in total. The van der Waals surface area contributed by atoms with E-state index in [9.17, 15) is 9.90 Å².